The van der Waals surface area contributed by atoms with Crippen LogP contribution >= 0.6 is 7.60 Å². The van der Waals surface area contributed by atoms with E-state index in [1.54, 1.807) is 13.0 Å². The molecule has 0 N–H and O–H groups in total. The van der Waals surface area contributed by atoms with Gasteiger partial charge in [0.1, 0.15) is 0 Å². The average molecular weight is 342 g/mol. The zero-order valence-corrected chi connectivity index (χ0v) is 15.3. The summed E-state index contributed by atoms with van der Waals surface area (Å²) in [6.45, 7) is 2.50. The Morgan fingerprint density at radius 3 is 1.74 bits per heavy atom. The summed E-state index contributed by atoms with van der Waals surface area (Å²) in [5.41, 5.74) is -0.508. The highest BCUT2D eigenvalue weighted by molar-refractivity contribution is 7.72. The molecule has 0 spiro atoms. The largest absolute Gasteiger partial charge is 0.400 e. The molecular weight excluding hydrogens is 311 g/mol. The minimum atomic E-state index is -3.69. The predicted octanol–water partition coefficient (Wildman–Crippen LogP) is 5.48. The molecule has 0 aromatic heterocycles. The molecule has 2 saturated carbocycles. The first-order valence-corrected chi connectivity index (χ1v) is 10.7. The van der Waals surface area contributed by atoms with Crippen LogP contribution in [0.4, 0.5) is 0 Å². The van der Waals surface area contributed by atoms with Gasteiger partial charge in [-0.05, 0) is 50.5 Å². The van der Waals surface area contributed by atoms with Crippen LogP contribution in [0.2, 0.25) is 0 Å². The van der Waals surface area contributed by atoms with Gasteiger partial charge in [-0.1, -0.05) is 44.6 Å². The highest BCUT2D eigenvalue weighted by atomic mass is 31.2. The molecule has 4 nitrogen and oxygen atoms in total. The summed E-state index contributed by atoms with van der Waals surface area (Å²) in [4.78, 5) is 12.2. The smallest absolute Gasteiger partial charge is 0.303 e. The van der Waals surface area contributed by atoms with Crippen LogP contribution in [-0.4, -0.2) is 18.7 Å². The summed E-state index contributed by atoms with van der Waals surface area (Å²) < 4.78 is 24.2. The van der Waals surface area contributed by atoms with Gasteiger partial charge in [-0.15, -0.1) is 0 Å². The molecule has 5 heteroatoms. The number of allylic oxidation sites excluding steroid dienone is 2. The van der Waals surface area contributed by atoms with Gasteiger partial charge in [-0.2, -0.15) is 0 Å². The summed E-state index contributed by atoms with van der Waals surface area (Å²) in [7, 11) is -3.69. The lowest BCUT2D eigenvalue weighted by molar-refractivity contribution is -0.110. The fourth-order valence-corrected chi connectivity index (χ4v) is 4.99. The van der Waals surface area contributed by atoms with Crippen LogP contribution in [0.25, 0.3) is 0 Å². The molecule has 2 rings (SSSR count). The van der Waals surface area contributed by atoms with Crippen LogP contribution in [0.1, 0.15) is 71.1 Å². The second kappa shape index (κ2) is 9.76. The van der Waals surface area contributed by atoms with E-state index < -0.39 is 13.1 Å². The van der Waals surface area contributed by atoms with E-state index in [0.29, 0.717) is 25.0 Å². The molecule has 0 saturated heterocycles. The molecular formula is C18H31O4P. The number of hydrogen-bond donors (Lipinski definition) is 0. The van der Waals surface area contributed by atoms with Crippen molar-refractivity contribution in [1.29, 1.82) is 0 Å². The van der Waals surface area contributed by atoms with E-state index in [0.717, 1.165) is 25.7 Å². The second-order valence-corrected chi connectivity index (χ2v) is 8.89. The van der Waals surface area contributed by atoms with E-state index in [2.05, 4.69) is 0 Å². The quantitative estimate of drug-likeness (QED) is 0.433. The van der Waals surface area contributed by atoms with Gasteiger partial charge in [0.2, 0.25) is 0 Å². The summed E-state index contributed by atoms with van der Waals surface area (Å²) >= 11 is 0. The van der Waals surface area contributed by atoms with Gasteiger partial charge in [0.05, 0.1) is 13.2 Å². The van der Waals surface area contributed by atoms with Crippen molar-refractivity contribution in [2.75, 3.05) is 13.2 Å². The second-order valence-electron chi connectivity index (χ2n) is 6.94. The zero-order chi connectivity index (χ0) is 16.5. The van der Waals surface area contributed by atoms with Crippen molar-refractivity contribution in [3.05, 3.63) is 12.2 Å². The number of hydrogen-bond acceptors (Lipinski definition) is 4. The van der Waals surface area contributed by atoms with Gasteiger partial charge in [0.25, 0.3) is 5.52 Å². The SMILES string of the molecule is C/C=C/C(=O)P(=O)(OCC1CCCCC1)OCC1CCCCC1. The van der Waals surface area contributed by atoms with Crippen molar-refractivity contribution in [3.63, 3.8) is 0 Å². The molecule has 132 valence electrons. The average Bonchev–Trinajstić information content (AvgIpc) is 2.60. The van der Waals surface area contributed by atoms with Crippen molar-refractivity contribution in [3.8, 4) is 0 Å². The summed E-state index contributed by atoms with van der Waals surface area (Å²) in [6, 6.07) is 0. The van der Waals surface area contributed by atoms with Crippen LogP contribution in [0.15, 0.2) is 12.2 Å². The van der Waals surface area contributed by atoms with Gasteiger partial charge in [-0.25, -0.2) is 0 Å². The molecule has 0 bridgehead atoms. The van der Waals surface area contributed by atoms with E-state index in [-0.39, 0.29) is 0 Å². The van der Waals surface area contributed by atoms with Gasteiger partial charge in [0, 0.05) is 0 Å². The van der Waals surface area contributed by atoms with Crippen molar-refractivity contribution in [2.45, 2.75) is 71.1 Å². The summed E-state index contributed by atoms with van der Waals surface area (Å²) in [5, 5.41) is 0. The van der Waals surface area contributed by atoms with Gasteiger partial charge in [0.15, 0.2) is 0 Å². The Morgan fingerprint density at radius 1 is 0.913 bits per heavy atom. The van der Waals surface area contributed by atoms with Crippen LogP contribution in [0.3, 0.4) is 0 Å². The highest BCUT2D eigenvalue weighted by Gasteiger charge is 2.35. The lowest BCUT2D eigenvalue weighted by atomic mass is 9.90. The number of carbonyl (C=O) groups is 1. The molecule has 2 aliphatic rings. The van der Waals surface area contributed by atoms with Crippen molar-refractivity contribution in [2.24, 2.45) is 11.8 Å². The molecule has 0 unspecified atom stereocenters. The molecule has 2 fully saturated rings. The van der Waals surface area contributed by atoms with Crippen LogP contribution in [0.5, 0.6) is 0 Å². The Hall–Kier alpha value is -0.440. The molecule has 0 aliphatic heterocycles. The standard InChI is InChI=1S/C18H31O4P/c1-2-9-18(19)23(20,21-14-16-10-5-3-6-11-16)22-15-17-12-7-4-8-13-17/h2,9,16-17H,3-8,10-15H2,1H3/b9-2+. The summed E-state index contributed by atoms with van der Waals surface area (Å²) in [6.07, 6.45) is 14.6. The lowest BCUT2D eigenvalue weighted by Crippen LogP contribution is -2.18. The molecule has 0 atom stereocenters. The maximum absolute atomic E-state index is 12.9. The Kier molecular flexibility index (Phi) is 8.02. The zero-order valence-electron chi connectivity index (χ0n) is 14.4. The molecule has 0 radical (unpaired) electrons. The third kappa shape index (κ3) is 6.17. The van der Waals surface area contributed by atoms with E-state index in [1.165, 1.54) is 44.6 Å². The van der Waals surface area contributed by atoms with Crippen LogP contribution in [-0.2, 0) is 18.4 Å². The van der Waals surface area contributed by atoms with Crippen molar-refractivity contribution < 1.29 is 18.4 Å². The van der Waals surface area contributed by atoms with Crippen LogP contribution in [0, 0.1) is 11.8 Å². The molecule has 0 aromatic carbocycles. The molecule has 2 aliphatic carbocycles. The van der Waals surface area contributed by atoms with Crippen molar-refractivity contribution in [1.82, 2.24) is 0 Å². The first-order chi connectivity index (χ1) is 11.1. The minimum absolute atomic E-state index is 0.380. The van der Waals surface area contributed by atoms with Gasteiger partial charge in [-0.3, -0.25) is 9.36 Å². The van der Waals surface area contributed by atoms with E-state index >= 15 is 0 Å². The molecule has 0 amide bonds. The Labute approximate surface area is 140 Å². The fraction of sp³-hybridized carbons (Fsp3) is 0.833. The normalized spacial score (nSPS) is 21.8. The van der Waals surface area contributed by atoms with E-state index in [4.69, 9.17) is 9.05 Å². The Balaban J connectivity index is 1.90. The third-order valence-electron chi connectivity index (χ3n) is 4.99. The topological polar surface area (TPSA) is 52.6 Å². The molecule has 0 heterocycles. The number of carbonyl (C=O) groups excluding carboxylic acids is 1. The third-order valence-corrected chi connectivity index (χ3v) is 6.66. The minimum Gasteiger partial charge on any atom is -0.303 e. The predicted molar refractivity (Wildman–Crippen MR) is 92.5 cm³/mol. The van der Waals surface area contributed by atoms with Crippen LogP contribution < -0.4 is 0 Å². The van der Waals surface area contributed by atoms with Crippen molar-refractivity contribution >= 4 is 13.1 Å². The first-order valence-electron chi connectivity index (χ1n) is 9.20. The highest BCUT2D eigenvalue weighted by Crippen LogP contribution is 2.51. The molecule has 23 heavy (non-hydrogen) atoms. The Morgan fingerprint density at radius 2 is 1.35 bits per heavy atom. The monoisotopic (exact) mass is 342 g/mol. The lowest BCUT2D eigenvalue weighted by Gasteiger charge is -2.26. The molecule has 0 aromatic rings. The maximum atomic E-state index is 12.9. The number of rotatable bonds is 8. The Bertz CT molecular complexity index is 408. The first kappa shape index (κ1) is 18.9. The van der Waals surface area contributed by atoms with Gasteiger partial charge < -0.3 is 9.05 Å². The van der Waals surface area contributed by atoms with E-state index in [9.17, 15) is 9.36 Å². The fourth-order valence-electron chi connectivity index (χ4n) is 3.51. The maximum Gasteiger partial charge on any atom is 0.400 e. The van der Waals surface area contributed by atoms with E-state index in [1.807, 2.05) is 0 Å². The van der Waals surface area contributed by atoms with Gasteiger partial charge >= 0.3 is 7.60 Å². The summed E-state index contributed by atoms with van der Waals surface area (Å²) in [5.74, 6) is 0.822.